The van der Waals surface area contributed by atoms with Crippen molar-refractivity contribution in [2.24, 2.45) is 10.7 Å². The molecule has 1 aromatic heterocycles. The van der Waals surface area contributed by atoms with Crippen molar-refractivity contribution >= 4 is 5.96 Å². The highest BCUT2D eigenvalue weighted by Gasteiger charge is 1.95. The molecule has 0 aliphatic heterocycles. The Morgan fingerprint density at radius 1 is 1.75 bits per heavy atom. The molecule has 0 aromatic carbocycles. The maximum Gasteiger partial charge on any atom is 0.196 e. The number of rotatable bonds is 3. The monoisotopic (exact) mass is 169 g/mol. The Bertz CT molecular complexity index is 238. The minimum atomic E-state index is 0.343. The molecule has 0 saturated heterocycles. The van der Waals surface area contributed by atoms with Crippen LogP contribution in [-0.4, -0.2) is 33.1 Å². The summed E-state index contributed by atoms with van der Waals surface area (Å²) in [5.41, 5.74) is 5.45. The van der Waals surface area contributed by atoms with Crippen molar-refractivity contribution in [3.05, 3.63) is 5.82 Å². The maximum absolute atomic E-state index is 5.45. The van der Waals surface area contributed by atoms with E-state index in [0.717, 1.165) is 6.54 Å². The average Bonchev–Trinajstić information content (AvgIpc) is 2.53. The summed E-state index contributed by atoms with van der Waals surface area (Å²) < 4.78 is 0. The largest absolute Gasteiger partial charge is 0.370 e. The van der Waals surface area contributed by atoms with Crippen molar-refractivity contribution in [3.63, 3.8) is 0 Å². The van der Waals surface area contributed by atoms with Crippen LogP contribution in [-0.2, 0) is 6.54 Å². The third-order valence-electron chi connectivity index (χ3n) is 1.14. The molecule has 1 heterocycles. The second kappa shape index (κ2) is 4.27. The lowest BCUT2D eigenvalue weighted by Gasteiger charge is -1.98. The molecule has 0 saturated carbocycles. The van der Waals surface area contributed by atoms with Crippen LogP contribution >= 0.6 is 0 Å². The minimum absolute atomic E-state index is 0.343. The fourth-order valence-corrected chi connectivity index (χ4v) is 0.642. The summed E-state index contributed by atoms with van der Waals surface area (Å²) in [6.45, 7) is 3.04. The van der Waals surface area contributed by atoms with Gasteiger partial charge in [-0.2, -0.15) is 5.21 Å². The number of hydrogen-bond donors (Lipinski definition) is 3. The zero-order valence-electron chi connectivity index (χ0n) is 6.78. The third-order valence-corrected chi connectivity index (χ3v) is 1.14. The highest BCUT2D eigenvalue weighted by atomic mass is 15.5. The van der Waals surface area contributed by atoms with Gasteiger partial charge in [-0.25, -0.2) is 4.99 Å². The molecule has 0 aliphatic carbocycles. The number of aromatic nitrogens is 4. The maximum atomic E-state index is 5.45. The van der Waals surface area contributed by atoms with E-state index in [9.17, 15) is 0 Å². The van der Waals surface area contributed by atoms with Crippen LogP contribution in [0.1, 0.15) is 12.7 Å². The molecule has 7 nitrogen and oxygen atoms in total. The Morgan fingerprint density at radius 3 is 3.17 bits per heavy atom. The quantitative estimate of drug-likeness (QED) is 0.382. The van der Waals surface area contributed by atoms with E-state index in [-0.39, 0.29) is 0 Å². The number of nitrogens with one attached hydrogen (secondary N) is 2. The molecule has 0 bridgehead atoms. The Balaban J connectivity index is 2.38. The first-order chi connectivity index (χ1) is 5.83. The van der Waals surface area contributed by atoms with Gasteiger partial charge in [0.25, 0.3) is 0 Å². The van der Waals surface area contributed by atoms with Crippen molar-refractivity contribution in [1.29, 1.82) is 0 Å². The van der Waals surface area contributed by atoms with Crippen LogP contribution in [0, 0.1) is 0 Å². The van der Waals surface area contributed by atoms with E-state index in [1.54, 1.807) is 0 Å². The second-order valence-corrected chi connectivity index (χ2v) is 2.06. The van der Waals surface area contributed by atoms with Crippen molar-refractivity contribution in [2.45, 2.75) is 13.5 Å². The van der Waals surface area contributed by atoms with Crippen molar-refractivity contribution in [3.8, 4) is 0 Å². The fraction of sp³-hybridized carbons (Fsp3) is 0.600. The van der Waals surface area contributed by atoms with Crippen molar-refractivity contribution < 1.29 is 0 Å². The lowest BCUT2D eigenvalue weighted by Crippen LogP contribution is -2.31. The zero-order valence-corrected chi connectivity index (χ0v) is 6.78. The molecule has 0 atom stereocenters. The first-order valence-electron chi connectivity index (χ1n) is 3.59. The summed E-state index contributed by atoms with van der Waals surface area (Å²) in [6, 6.07) is 0. The Kier molecular flexibility index (Phi) is 3.00. The Labute approximate surface area is 69.4 Å². The number of nitrogens with two attached hydrogens (primary N) is 1. The van der Waals surface area contributed by atoms with E-state index in [0.29, 0.717) is 18.3 Å². The van der Waals surface area contributed by atoms with E-state index in [2.05, 4.69) is 30.9 Å². The number of nitrogens with zero attached hydrogens (tertiary/aromatic N) is 4. The molecule has 0 aliphatic rings. The molecule has 1 aromatic rings. The molecular weight excluding hydrogens is 158 g/mol. The van der Waals surface area contributed by atoms with Gasteiger partial charge in [-0.3, -0.25) is 0 Å². The molecule has 0 amide bonds. The third kappa shape index (κ3) is 2.52. The second-order valence-electron chi connectivity index (χ2n) is 2.06. The van der Waals surface area contributed by atoms with Gasteiger partial charge < -0.3 is 11.1 Å². The number of tetrazole rings is 1. The number of aliphatic imine (C=N–C) groups is 1. The predicted octanol–water partition coefficient (Wildman–Crippen LogP) is -1.38. The normalized spacial score (nSPS) is 11.6. The highest BCUT2D eigenvalue weighted by molar-refractivity contribution is 5.77. The first kappa shape index (κ1) is 8.44. The highest BCUT2D eigenvalue weighted by Crippen LogP contribution is 1.85. The molecule has 7 heteroatoms. The standard InChI is InChI=1S/C5H11N7/c1-2-7-5(6)8-3-4-9-11-12-10-4/h2-3H2,1H3,(H3,6,7,8)(H,9,10,11,12). The Morgan fingerprint density at radius 2 is 2.58 bits per heavy atom. The minimum Gasteiger partial charge on any atom is -0.370 e. The van der Waals surface area contributed by atoms with Gasteiger partial charge in [0.2, 0.25) is 0 Å². The van der Waals surface area contributed by atoms with E-state index in [4.69, 9.17) is 5.73 Å². The van der Waals surface area contributed by atoms with Gasteiger partial charge >= 0.3 is 0 Å². The van der Waals surface area contributed by atoms with Gasteiger partial charge in [0.15, 0.2) is 11.8 Å². The first-order valence-corrected chi connectivity index (χ1v) is 3.59. The fourth-order valence-electron chi connectivity index (χ4n) is 0.642. The van der Waals surface area contributed by atoms with E-state index >= 15 is 0 Å². The SMILES string of the molecule is CCNC(N)=NCc1nn[nH]n1. The average molecular weight is 169 g/mol. The van der Waals surface area contributed by atoms with Crippen LogP contribution in [0.15, 0.2) is 4.99 Å². The van der Waals surface area contributed by atoms with Crippen molar-refractivity contribution in [1.82, 2.24) is 25.9 Å². The van der Waals surface area contributed by atoms with E-state index in [1.807, 2.05) is 6.92 Å². The Hall–Kier alpha value is -1.66. The van der Waals surface area contributed by atoms with Crippen LogP contribution in [0.4, 0.5) is 0 Å². The van der Waals surface area contributed by atoms with Gasteiger partial charge in [-0.1, -0.05) is 5.21 Å². The molecule has 66 valence electrons. The number of H-pyrrole nitrogens is 1. The van der Waals surface area contributed by atoms with Gasteiger partial charge in [-0.05, 0) is 6.92 Å². The molecule has 1 rings (SSSR count). The molecule has 0 spiro atoms. The predicted molar refractivity (Wildman–Crippen MR) is 43.2 cm³/mol. The van der Waals surface area contributed by atoms with Crippen molar-refractivity contribution in [2.75, 3.05) is 6.54 Å². The van der Waals surface area contributed by atoms with Gasteiger partial charge in [-0.15, -0.1) is 10.2 Å². The zero-order chi connectivity index (χ0) is 8.81. The van der Waals surface area contributed by atoms with Crippen LogP contribution in [0.5, 0.6) is 0 Å². The van der Waals surface area contributed by atoms with E-state index in [1.165, 1.54) is 0 Å². The van der Waals surface area contributed by atoms with Crippen LogP contribution in [0.3, 0.4) is 0 Å². The molecule has 0 radical (unpaired) electrons. The van der Waals surface area contributed by atoms with Gasteiger partial charge in [0.05, 0.1) is 0 Å². The summed E-state index contributed by atoms with van der Waals surface area (Å²) in [6.07, 6.45) is 0. The molecular formula is C5H11N7. The topological polar surface area (TPSA) is 105 Å². The lowest BCUT2D eigenvalue weighted by molar-refractivity contribution is 0.881. The molecule has 0 fully saturated rings. The summed E-state index contributed by atoms with van der Waals surface area (Å²) >= 11 is 0. The number of aromatic amines is 1. The summed E-state index contributed by atoms with van der Waals surface area (Å²) in [4.78, 5) is 3.95. The van der Waals surface area contributed by atoms with Gasteiger partial charge in [0, 0.05) is 6.54 Å². The number of hydrogen-bond acceptors (Lipinski definition) is 4. The van der Waals surface area contributed by atoms with Crippen LogP contribution in [0.25, 0.3) is 0 Å². The van der Waals surface area contributed by atoms with Crippen LogP contribution in [0.2, 0.25) is 0 Å². The molecule has 12 heavy (non-hydrogen) atoms. The van der Waals surface area contributed by atoms with Crippen LogP contribution < -0.4 is 11.1 Å². The molecule has 4 N–H and O–H groups in total. The summed E-state index contributed by atoms with van der Waals surface area (Å²) in [5.74, 6) is 0.915. The lowest BCUT2D eigenvalue weighted by atomic mass is 10.6. The molecule has 0 unspecified atom stereocenters. The smallest absolute Gasteiger partial charge is 0.196 e. The van der Waals surface area contributed by atoms with Gasteiger partial charge in [0.1, 0.15) is 6.54 Å². The number of guanidine groups is 1. The van der Waals surface area contributed by atoms with E-state index < -0.39 is 0 Å². The summed E-state index contributed by atoms with van der Waals surface area (Å²) in [7, 11) is 0. The summed E-state index contributed by atoms with van der Waals surface area (Å²) in [5, 5.41) is 16.0.